The summed E-state index contributed by atoms with van der Waals surface area (Å²) in [5.41, 5.74) is 2.13. The summed E-state index contributed by atoms with van der Waals surface area (Å²) in [6.07, 6.45) is -12.8. The number of anilines is 1. The number of para-hydroxylation sites is 1. The van der Waals surface area contributed by atoms with Crippen LogP contribution in [0.2, 0.25) is 0 Å². The highest BCUT2D eigenvalue weighted by molar-refractivity contribution is 5.80. The number of benzene rings is 3. The second-order valence-corrected chi connectivity index (χ2v) is 8.29. The van der Waals surface area contributed by atoms with Gasteiger partial charge in [0.05, 0.1) is 11.7 Å². The van der Waals surface area contributed by atoms with Crippen molar-refractivity contribution in [3.05, 3.63) is 72.3 Å². The molecule has 1 aliphatic rings. The number of alkyl halides is 7. The van der Waals surface area contributed by atoms with Gasteiger partial charge in [0, 0.05) is 12.1 Å². The molecule has 1 atom stereocenters. The summed E-state index contributed by atoms with van der Waals surface area (Å²) in [7, 11) is 0. The Morgan fingerprint density at radius 3 is 2.27 bits per heavy atom. The molecule has 0 spiro atoms. The standard InChI is InChI=1S/C26H22F7NO3/c1-2-12-34-21-11-5-10-20(16-6-3-9-19(13-16)37-26(31,32)33)23(21)35-15-22(34)17-7-4-8-18(14-17)36-25(29,30)24(27)28/h3-11,13-14,22,24H,2,12,15H2,1H3/t22-/m1/s1. The second kappa shape index (κ2) is 10.4. The maximum Gasteiger partial charge on any atom is 0.573 e. The first kappa shape index (κ1) is 26.4. The quantitative estimate of drug-likeness (QED) is 0.278. The van der Waals surface area contributed by atoms with Gasteiger partial charge >= 0.3 is 18.9 Å². The normalized spacial score (nSPS) is 15.8. The van der Waals surface area contributed by atoms with Crippen molar-refractivity contribution in [3.8, 4) is 28.4 Å². The van der Waals surface area contributed by atoms with Crippen molar-refractivity contribution in [1.29, 1.82) is 0 Å². The molecule has 0 saturated carbocycles. The van der Waals surface area contributed by atoms with Crippen LogP contribution in [0.3, 0.4) is 0 Å². The molecule has 0 bridgehead atoms. The van der Waals surface area contributed by atoms with Gasteiger partial charge in [-0.3, -0.25) is 0 Å². The van der Waals surface area contributed by atoms with Crippen molar-refractivity contribution in [2.75, 3.05) is 18.1 Å². The fraction of sp³-hybridized carbons (Fsp3) is 0.308. The van der Waals surface area contributed by atoms with Crippen LogP contribution in [0.15, 0.2) is 66.7 Å². The minimum atomic E-state index is -4.84. The lowest BCUT2D eigenvalue weighted by Gasteiger charge is -2.39. The van der Waals surface area contributed by atoms with Crippen LogP contribution in [-0.4, -0.2) is 32.0 Å². The molecule has 0 aliphatic carbocycles. The Balaban J connectivity index is 1.68. The lowest BCUT2D eigenvalue weighted by molar-refractivity contribution is -0.274. The monoisotopic (exact) mass is 529 g/mol. The maximum absolute atomic E-state index is 13.4. The van der Waals surface area contributed by atoms with Crippen LogP contribution in [0.1, 0.15) is 24.9 Å². The Morgan fingerprint density at radius 1 is 0.919 bits per heavy atom. The van der Waals surface area contributed by atoms with Gasteiger partial charge in [-0.15, -0.1) is 13.2 Å². The maximum atomic E-state index is 13.4. The first-order valence-corrected chi connectivity index (χ1v) is 11.3. The van der Waals surface area contributed by atoms with E-state index in [2.05, 4.69) is 9.47 Å². The molecule has 3 aromatic carbocycles. The molecular formula is C26H22F7NO3. The molecular weight excluding hydrogens is 507 g/mol. The largest absolute Gasteiger partial charge is 0.573 e. The van der Waals surface area contributed by atoms with Gasteiger partial charge in [0.2, 0.25) is 0 Å². The molecule has 0 radical (unpaired) electrons. The van der Waals surface area contributed by atoms with E-state index < -0.39 is 30.7 Å². The van der Waals surface area contributed by atoms with Gasteiger partial charge in [0.25, 0.3) is 0 Å². The van der Waals surface area contributed by atoms with Gasteiger partial charge in [-0.05, 0) is 47.9 Å². The zero-order chi connectivity index (χ0) is 26.8. The number of nitrogens with zero attached hydrogens (tertiary/aromatic N) is 1. The predicted octanol–water partition coefficient (Wildman–Crippen LogP) is 7.84. The van der Waals surface area contributed by atoms with E-state index in [1.165, 1.54) is 30.3 Å². The molecule has 0 amide bonds. The Hall–Kier alpha value is -3.63. The van der Waals surface area contributed by atoms with Crippen molar-refractivity contribution in [2.24, 2.45) is 0 Å². The highest BCUT2D eigenvalue weighted by Crippen LogP contribution is 2.46. The van der Waals surface area contributed by atoms with E-state index in [0.29, 0.717) is 41.1 Å². The van der Waals surface area contributed by atoms with Gasteiger partial charge in [-0.25, -0.2) is 0 Å². The molecule has 0 unspecified atom stereocenters. The van der Waals surface area contributed by atoms with E-state index in [1.54, 1.807) is 30.3 Å². The molecule has 4 nitrogen and oxygen atoms in total. The summed E-state index contributed by atoms with van der Waals surface area (Å²) in [5, 5.41) is 0. The first-order valence-electron chi connectivity index (χ1n) is 11.3. The average Bonchev–Trinajstić information content (AvgIpc) is 2.83. The fourth-order valence-corrected chi connectivity index (χ4v) is 4.19. The smallest absolute Gasteiger partial charge is 0.488 e. The molecule has 0 N–H and O–H groups in total. The van der Waals surface area contributed by atoms with E-state index >= 15 is 0 Å². The molecule has 37 heavy (non-hydrogen) atoms. The highest BCUT2D eigenvalue weighted by atomic mass is 19.4. The number of rotatable bonds is 8. The number of fused-ring (bicyclic) bond motifs is 1. The Bertz CT molecular complexity index is 1230. The summed E-state index contributed by atoms with van der Waals surface area (Å²) in [6, 6.07) is 15.8. The third-order valence-corrected chi connectivity index (χ3v) is 5.66. The number of halogens is 7. The van der Waals surface area contributed by atoms with Gasteiger partial charge in [-0.1, -0.05) is 43.3 Å². The van der Waals surface area contributed by atoms with Crippen molar-refractivity contribution >= 4 is 5.69 Å². The molecule has 198 valence electrons. The van der Waals surface area contributed by atoms with Gasteiger partial charge < -0.3 is 19.1 Å². The summed E-state index contributed by atoms with van der Waals surface area (Å²) in [4.78, 5) is 1.97. The zero-order valence-electron chi connectivity index (χ0n) is 19.4. The van der Waals surface area contributed by atoms with E-state index in [9.17, 15) is 30.7 Å². The van der Waals surface area contributed by atoms with Crippen LogP contribution in [0.4, 0.5) is 36.4 Å². The third kappa shape index (κ3) is 6.03. The summed E-state index contributed by atoms with van der Waals surface area (Å²) in [6.45, 7) is 2.54. The Kier molecular flexibility index (Phi) is 7.42. The van der Waals surface area contributed by atoms with Crippen molar-refractivity contribution < 1.29 is 44.9 Å². The first-order chi connectivity index (χ1) is 17.5. The molecule has 0 fully saturated rings. The SMILES string of the molecule is CCCN1c2cccc(-c3cccc(OC(F)(F)F)c3)c2OC[C@@H]1c1cccc(OC(F)(F)C(F)F)c1. The van der Waals surface area contributed by atoms with Crippen LogP contribution in [-0.2, 0) is 0 Å². The van der Waals surface area contributed by atoms with Gasteiger partial charge in [0.15, 0.2) is 5.75 Å². The van der Waals surface area contributed by atoms with Crippen LogP contribution in [0.5, 0.6) is 17.2 Å². The van der Waals surface area contributed by atoms with Crippen molar-refractivity contribution in [2.45, 2.75) is 38.3 Å². The lowest BCUT2D eigenvalue weighted by Crippen LogP contribution is -2.37. The Labute approximate surface area is 208 Å². The van der Waals surface area contributed by atoms with Crippen molar-refractivity contribution in [1.82, 2.24) is 0 Å². The summed E-state index contributed by atoms with van der Waals surface area (Å²) in [5.74, 6) is -0.354. The number of ether oxygens (including phenoxy) is 3. The van der Waals surface area contributed by atoms with E-state index in [4.69, 9.17) is 4.74 Å². The fourth-order valence-electron chi connectivity index (χ4n) is 4.19. The van der Waals surface area contributed by atoms with Crippen LogP contribution >= 0.6 is 0 Å². The molecule has 0 aromatic heterocycles. The van der Waals surface area contributed by atoms with Gasteiger partial charge in [-0.2, -0.15) is 17.6 Å². The van der Waals surface area contributed by atoms with E-state index in [0.717, 1.165) is 6.07 Å². The topological polar surface area (TPSA) is 30.9 Å². The van der Waals surface area contributed by atoms with Gasteiger partial charge in [0.1, 0.15) is 18.1 Å². The number of hydrogen-bond donors (Lipinski definition) is 0. The minimum absolute atomic E-state index is 0.0669. The highest BCUT2D eigenvalue weighted by Gasteiger charge is 2.44. The molecule has 1 heterocycles. The predicted molar refractivity (Wildman–Crippen MR) is 122 cm³/mol. The van der Waals surface area contributed by atoms with Crippen LogP contribution in [0, 0.1) is 0 Å². The number of hydrogen-bond acceptors (Lipinski definition) is 4. The Morgan fingerprint density at radius 2 is 1.59 bits per heavy atom. The third-order valence-electron chi connectivity index (χ3n) is 5.66. The molecule has 3 aromatic rings. The van der Waals surface area contributed by atoms with E-state index in [-0.39, 0.29) is 12.4 Å². The van der Waals surface area contributed by atoms with Crippen molar-refractivity contribution in [3.63, 3.8) is 0 Å². The van der Waals surface area contributed by atoms with E-state index in [1.807, 2.05) is 11.8 Å². The molecule has 0 saturated heterocycles. The second-order valence-electron chi connectivity index (χ2n) is 8.29. The van der Waals surface area contributed by atoms with Crippen LogP contribution in [0.25, 0.3) is 11.1 Å². The minimum Gasteiger partial charge on any atom is -0.488 e. The average molecular weight is 529 g/mol. The molecule has 11 heteroatoms. The zero-order valence-corrected chi connectivity index (χ0v) is 19.4. The van der Waals surface area contributed by atoms with Crippen LogP contribution < -0.4 is 19.1 Å². The molecule has 4 rings (SSSR count). The summed E-state index contributed by atoms with van der Waals surface area (Å²) >= 11 is 0. The summed E-state index contributed by atoms with van der Waals surface area (Å²) < 4.78 is 105. The molecule has 1 aliphatic heterocycles. The lowest BCUT2D eigenvalue weighted by atomic mass is 9.98.